The molecule has 0 bridgehead atoms. The summed E-state index contributed by atoms with van der Waals surface area (Å²) in [6.07, 6.45) is 0. The Labute approximate surface area is 181 Å². The van der Waals surface area contributed by atoms with Crippen LogP contribution in [0.2, 0.25) is 4.34 Å². The van der Waals surface area contributed by atoms with E-state index in [0.29, 0.717) is 21.8 Å². The van der Waals surface area contributed by atoms with Crippen molar-refractivity contribution in [3.05, 3.63) is 38.5 Å². The van der Waals surface area contributed by atoms with Gasteiger partial charge in [-0.05, 0) is 19.2 Å². The van der Waals surface area contributed by atoms with Gasteiger partial charge in [-0.25, -0.2) is 4.68 Å². The number of anilines is 1. The summed E-state index contributed by atoms with van der Waals surface area (Å²) in [5.74, 6) is 1.26. The quantitative estimate of drug-likeness (QED) is 0.475. The molecule has 0 spiro atoms. The molecule has 0 N–H and O–H groups in total. The molecule has 4 aromatic heterocycles. The molecule has 0 aliphatic carbocycles. The molecular weight excluding hydrogens is 426 g/mol. The number of halogens is 1. The number of aromatic nitrogens is 5. The molecule has 0 amide bonds. The highest BCUT2D eigenvalue weighted by molar-refractivity contribution is 7.22. The molecule has 158 valence electrons. The number of piperazine rings is 1. The van der Waals surface area contributed by atoms with Crippen LogP contribution >= 0.6 is 22.9 Å². The summed E-state index contributed by atoms with van der Waals surface area (Å²) >= 11 is 7.63. The second-order valence-electron chi connectivity index (χ2n) is 7.91. The smallest absolute Gasteiger partial charge is 0.318 e. The lowest BCUT2D eigenvalue weighted by Gasteiger charge is -2.30. The molecule has 1 fully saturated rings. The van der Waals surface area contributed by atoms with E-state index in [-0.39, 0.29) is 18.0 Å². The van der Waals surface area contributed by atoms with E-state index >= 15 is 0 Å². The van der Waals surface area contributed by atoms with Crippen molar-refractivity contribution >= 4 is 44.7 Å². The van der Waals surface area contributed by atoms with Gasteiger partial charge in [0.05, 0.1) is 14.6 Å². The first-order valence-electron chi connectivity index (χ1n) is 9.88. The van der Waals surface area contributed by atoms with Crippen LogP contribution in [-0.2, 0) is 6.54 Å². The summed E-state index contributed by atoms with van der Waals surface area (Å²) in [5.41, 5.74) is 1.29. The van der Waals surface area contributed by atoms with Gasteiger partial charge in [-0.3, -0.25) is 9.20 Å². The fourth-order valence-electron chi connectivity index (χ4n) is 3.76. The Kier molecular flexibility index (Phi) is 4.79. The van der Waals surface area contributed by atoms with E-state index in [4.69, 9.17) is 16.0 Å². The number of hydrogen-bond donors (Lipinski definition) is 0. The van der Waals surface area contributed by atoms with Gasteiger partial charge in [0.1, 0.15) is 17.9 Å². The van der Waals surface area contributed by atoms with Gasteiger partial charge in [0.2, 0.25) is 5.89 Å². The highest BCUT2D eigenvalue weighted by Crippen LogP contribution is 2.32. The molecule has 30 heavy (non-hydrogen) atoms. The maximum atomic E-state index is 13.2. The lowest BCUT2D eigenvalue weighted by atomic mass is 10.2. The van der Waals surface area contributed by atoms with E-state index < -0.39 is 0 Å². The minimum absolute atomic E-state index is 0.109. The number of fused-ring (bicyclic) bond motifs is 3. The topological polar surface area (TPSA) is 84.7 Å². The first kappa shape index (κ1) is 19.5. The van der Waals surface area contributed by atoms with Gasteiger partial charge in [0, 0.05) is 32.1 Å². The van der Waals surface area contributed by atoms with Crippen LogP contribution in [0.4, 0.5) is 6.01 Å². The number of likely N-dealkylation sites (N-methyl/N-ethyl adjacent to an activating group) is 1. The minimum atomic E-state index is -0.196. The third kappa shape index (κ3) is 3.28. The Morgan fingerprint density at radius 2 is 1.93 bits per heavy atom. The van der Waals surface area contributed by atoms with Gasteiger partial charge < -0.3 is 14.2 Å². The first-order chi connectivity index (χ1) is 14.4. The number of nitrogens with zero attached hydrogens (tertiary/aromatic N) is 7. The van der Waals surface area contributed by atoms with Gasteiger partial charge >= 0.3 is 6.01 Å². The van der Waals surface area contributed by atoms with Crippen LogP contribution in [0.1, 0.15) is 31.5 Å². The third-order valence-electron chi connectivity index (χ3n) is 5.40. The molecule has 0 saturated carbocycles. The zero-order valence-corrected chi connectivity index (χ0v) is 18.6. The molecule has 1 aliphatic heterocycles. The van der Waals surface area contributed by atoms with Crippen molar-refractivity contribution in [2.24, 2.45) is 0 Å². The second-order valence-corrected chi connectivity index (χ2v) is 9.62. The summed E-state index contributed by atoms with van der Waals surface area (Å²) in [7, 11) is 2.09. The molecular formula is C19H22ClN7O2S. The van der Waals surface area contributed by atoms with Crippen LogP contribution in [-0.4, -0.2) is 62.5 Å². The Morgan fingerprint density at radius 3 is 2.67 bits per heavy atom. The maximum absolute atomic E-state index is 13.2. The van der Waals surface area contributed by atoms with Crippen molar-refractivity contribution in [1.29, 1.82) is 0 Å². The zero-order valence-electron chi connectivity index (χ0n) is 17.0. The van der Waals surface area contributed by atoms with E-state index in [2.05, 4.69) is 46.0 Å². The van der Waals surface area contributed by atoms with Crippen molar-refractivity contribution in [3.63, 3.8) is 0 Å². The van der Waals surface area contributed by atoms with Crippen LogP contribution in [0, 0.1) is 0 Å². The molecule has 11 heteroatoms. The van der Waals surface area contributed by atoms with Gasteiger partial charge in [-0.1, -0.05) is 30.5 Å². The number of hydrogen-bond acceptors (Lipinski definition) is 8. The Bertz CT molecular complexity index is 1280. The van der Waals surface area contributed by atoms with Crippen molar-refractivity contribution in [3.8, 4) is 0 Å². The zero-order chi connectivity index (χ0) is 21.0. The molecule has 5 heterocycles. The molecule has 0 aromatic carbocycles. The number of rotatable bonds is 4. The lowest BCUT2D eigenvalue weighted by Crippen LogP contribution is -2.44. The van der Waals surface area contributed by atoms with Gasteiger partial charge in [-0.15, -0.1) is 16.4 Å². The summed E-state index contributed by atoms with van der Waals surface area (Å²) in [4.78, 5) is 17.5. The van der Waals surface area contributed by atoms with Crippen molar-refractivity contribution < 1.29 is 4.42 Å². The molecule has 0 radical (unpaired) electrons. The van der Waals surface area contributed by atoms with Crippen LogP contribution in [0.5, 0.6) is 0 Å². The van der Waals surface area contributed by atoms with Crippen molar-refractivity contribution in [1.82, 2.24) is 29.3 Å². The number of thiophene rings is 1. The average Bonchev–Trinajstić information content (AvgIpc) is 3.39. The molecule has 0 atom stereocenters. The van der Waals surface area contributed by atoms with Gasteiger partial charge in [0.15, 0.2) is 0 Å². The molecule has 1 saturated heterocycles. The maximum Gasteiger partial charge on any atom is 0.318 e. The highest BCUT2D eigenvalue weighted by atomic mass is 35.5. The van der Waals surface area contributed by atoms with Gasteiger partial charge in [0.25, 0.3) is 5.56 Å². The normalized spacial score (nSPS) is 15.8. The molecule has 1 aliphatic rings. The second kappa shape index (κ2) is 7.36. The predicted octanol–water partition coefficient (Wildman–Crippen LogP) is 2.67. The monoisotopic (exact) mass is 447 g/mol. The van der Waals surface area contributed by atoms with Crippen molar-refractivity contribution in [2.45, 2.75) is 26.3 Å². The van der Waals surface area contributed by atoms with E-state index in [1.54, 1.807) is 0 Å². The Hall–Kier alpha value is -2.43. The van der Waals surface area contributed by atoms with E-state index in [1.165, 1.54) is 16.0 Å². The molecule has 4 aromatic rings. The standard InChI is InChI=1S/C19H22ClN7O2S/c1-11(2)17-23-26(18(28)13-8-14-12(27(13)17)9-15(20)30-14)10-16-21-22-19(29-16)25-6-4-24(3)5-7-25/h8-9,11H,4-7,10H2,1-3H3. The van der Waals surface area contributed by atoms with Gasteiger partial charge in [-0.2, -0.15) is 5.10 Å². The predicted molar refractivity (Wildman–Crippen MR) is 117 cm³/mol. The highest BCUT2D eigenvalue weighted by Gasteiger charge is 2.22. The third-order valence-corrected chi connectivity index (χ3v) is 6.60. The Balaban J connectivity index is 1.52. The molecule has 5 rings (SSSR count). The van der Waals surface area contributed by atoms with E-state index in [1.807, 2.05) is 16.5 Å². The summed E-state index contributed by atoms with van der Waals surface area (Å²) in [6.45, 7) is 7.80. The minimum Gasteiger partial charge on any atom is -0.406 e. The van der Waals surface area contributed by atoms with Crippen LogP contribution < -0.4 is 10.5 Å². The van der Waals surface area contributed by atoms with E-state index in [0.717, 1.165) is 42.2 Å². The lowest BCUT2D eigenvalue weighted by molar-refractivity contribution is 0.303. The summed E-state index contributed by atoms with van der Waals surface area (Å²) < 4.78 is 10.8. The SMILES string of the molecule is CC(C)c1nn(Cc2nnc(N3CCN(C)CC3)o2)c(=O)c2cc3sc(Cl)cc3n12. The van der Waals surface area contributed by atoms with Crippen LogP contribution in [0.25, 0.3) is 15.7 Å². The summed E-state index contributed by atoms with van der Waals surface area (Å²) in [5, 5.41) is 13.0. The largest absolute Gasteiger partial charge is 0.406 e. The molecule has 9 nitrogen and oxygen atoms in total. The van der Waals surface area contributed by atoms with Crippen molar-refractivity contribution in [2.75, 3.05) is 38.1 Å². The summed E-state index contributed by atoms with van der Waals surface area (Å²) in [6, 6.07) is 4.25. The van der Waals surface area contributed by atoms with Crippen LogP contribution in [0.15, 0.2) is 21.3 Å². The fraction of sp³-hybridized carbons (Fsp3) is 0.474. The Morgan fingerprint density at radius 1 is 1.17 bits per heavy atom. The van der Waals surface area contributed by atoms with Crippen LogP contribution in [0.3, 0.4) is 0 Å². The fourth-order valence-corrected chi connectivity index (χ4v) is 4.91. The molecule has 0 unspecified atom stereocenters. The van der Waals surface area contributed by atoms with E-state index in [9.17, 15) is 4.79 Å². The first-order valence-corrected chi connectivity index (χ1v) is 11.1. The average molecular weight is 448 g/mol.